The quantitative estimate of drug-likeness (QED) is 0.719. The van der Waals surface area contributed by atoms with Gasteiger partial charge in [-0.1, -0.05) is 27.2 Å². The summed E-state index contributed by atoms with van der Waals surface area (Å²) in [7, 11) is 0. The summed E-state index contributed by atoms with van der Waals surface area (Å²) in [4.78, 5) is 0. The number of rotatable bonds is 9. The zero-order valence-electron chi connectivity index (χ0n) is 11.3. The van der Waals surface area contributed by atoms with Gasteiger partial charge in [-0.15, -0.1) is 0 Å². The Morgan fingerprint density at radius 1 is 1.35 bits per heavy atom. The van der Waals surface area contributed by atoms with Crippen molar-refractivity contribution in [2.45, 2.75) is 52.7 Å². The Balaban J connectivity index is 2.46. The van der Waals surface area contributed by atoms with E-state index in [4.69, 9.17) is 4.74 Å². The number of hydrogen-bond donors (Lipinski definition) is 1. The molecule has 1 unspecified atom stereocenters. The molecule has 4 nitrogen and oxygen atoms in total. The summed E-state index contributed by atoms with van der Waals surface area (Å²) in [6, 6.07) is 0. The summed E-state index contributed by atoms with van der Waals surface area (Å²) in [5.74, 6) is 0.884. The van der Waals surface area contributed by atoms with Crippen molar-refractivity contribution >= 4 is 0 Å². The molecular formula is C13H25N3O. The van der Waals surface area contributed by atoms with E-state index in [0.717, 1.165) is 44.6 Å². The zero-order chi connectivity index (χ0) is 12.5. The highest BCUT2D eigenvalue weighted by molar-refractivity contribution is 5.12. The molecule has 1 atom stereocenters. The van der Waals surface area contributed by atoms with Gasteiger partial charge in [0.2, 0.25) is 0 Å². The van der Waals surface area contributed by atoms with Crippen LogP contribution in [-0.4, -0.2) is 29.0 Å². The van der Waals surface area contributed by atoms with E-state index in [1.54, 1.807) is 0 Å². The lowest BCUT2D eigenvalue weighted by Crippen LogP contribution is -2.31. The number of nitrogens with zero attached hydrogens (tertiary/aromatic N) is 2. The normalized spacial score (nSPS) is 12.6. The van der Waals surface area contributed by atoms with Crippen LogP contribution in [0.15, 0.2) is 12.4 Å². The van der Waals surface area contributed by atoms with Crippen LogP contribution >= 0.6 is 0 Å². The van der Waals surface area contributed by atoms with E-state index in [1.807, 2.05) is 17.1 Å². The average Bonchev–Trinajstić information content (AvgIpc) is 2.74. The minimum Gasteiger partial charge on any atom is -0.486 e. The van der Waals surface area contributed by atoms with Crippen molar-refractivity contribution < 1.29 is 4.74 Å². The largest absolute Gasteiger partial charge is 0.486 e. The molecule has 0 fully saturated rings. The van der Waals surface area contributed by atoms with Gasteiger partial charge >= 0.3 is 0 Å². The highest BCUT2D eigenvalue weighted by Crippen LogP contribution is 2.13. The van der Waals surface area contributed by atoms with Gasteiger partial charge in [0, 0.05) is 13.1 Å². The second-order valence-corrected chi connectivity index (χ2v) is 4.28. The predicted octanol–water partition coefficient (Wildman–Crippen LogP) is 2.45. The van der Waals surface area contributed by atoms with Crippen molar-refractivity contribution in [2.75, 3.05) is 13.1 Å². The lowest BCUT2D eigenvalue weighted by molar-refractivity contribution is 0.187. The molecule has 1 heterocycles. The van der Waals surface area contributed by atoms with Crippen molar-refractivity contribution in [2.24, 2.45) is 0 Å². The molecule has 0 saturated heterocycles. The molecule has 4 heteroatoms. The molecule has 0 bridgehead atoms. The maximum absolute atomic E-state index is 5.94. The number of aryl methyl sites for hydroxylation is 1. The Morgan fingerprint density at radius 3 is 2.82 bits per heavy atom. The molecule has 0 radical (unpaired) electrons. The van der Waals surface area contributed by atoms with Crippen LogP contribution in [0.4, 0.5) is 0 Å². The van der Waals surface area contributed by atoms with Crippen LogP contribution in [-0.2, 0) is 6.54 Å². The molecule has 98 valence electrons. The fourth-order valence-electron chi connectivity index (χ4n) is 1.78. The third kappa shape index (κ3) is 5.22. The first-order valence-corrected chi connectivity index (χ1v) is 6.69. The molecule has 0 saturated carbocycles. The van der Waals surface area contributed by atoms with Gasteiger partial charge in [0.15, 0.2) is 5.75 Å². The number of hydrogen-bond acceptors (Lipinski definition) is 3. The van der Waals surface area contributed by atoms with Crippen LogP contribution in [0.3, 0.4) is 0 Å². The molecule has 1 aromatic rings. The molecule has 17 heavy (non-hydrogen) atoms. The molecule has 0 spiro atoms. The summed E-state index contributed by atoms with van der Waals surface area (Å²) in [5.41, 5.74) is 0. The SMILES string of the molecule is CCCC(CNCC)Oc1cnn(CCC)c1. The second-order valence-electron chi connectivity index (χ2n) is 4.28. The van der Waals surface area contributed by atoms with Crippen molar-refractivity contribution in [3.05, 3.63) is 12.4 Å². The van der Waals surface area contributed by atoms with E-state index in [-0.39, 0.29) is 6.10 Å². The zero-order valence-corrected chi connectivity index (χ0v) is 11.3. The Morgan fingerprint density at radius 2 is 2.18 bits per heavy atom. The number of aromatic nitrogens is 2. The summed E-state index contributed by atoms with van der Waals surface area (Å²) < 4.78 is 7.87. The minimum atomic E-state index is 0.249. The Labute approximate surface area is 104 Å². The highest BCUT2D eigenvalue weighted by atomic mass is 16.5. The molecule has 0 aromatic carbocycles. The summed E-state index contributed by atoms with van der Waals surface area (Å²) in [5, 5.41) is 7.60. The Hall–Kier alpha value is -1.03. The molecular weight excluding hydrogens is 214 g/mol. The fraction of sp³-hybridized carbons (Fsp3) is 0.769. The topological polar surface area (TPSA) is 39.1 Å². The average molecular weight is 239 g/mol. The maximum atomic E-state index is 5.94. The molecule has 0 aliphatic carbocycles. The predicted molar refractivity (Wildman–Crippen MR) is 70.4 cm³/mol. The maximum Gasteiger partial charge on any atom is 0.157 e. The van der Waals surface area contributed by atoms with E-state index in [2.05, 4.69) is 31.2 Å². The fourth-order valence-corrected chi connectivity index (χ4v) is 1.78. The highest BCUT2D eigenvalue weighted by Gasteiger charge is 2.10. The van der Waals surface area contributed by atoms with Gasteiger partial charge in [0.25, 0.3) is 0 Å². The lowest BCUT2D eigenvalue weighted by Gasteiger charge is -2.17. The van der Waals surface area contributed by atoms with Crippen molar-refractivity contribution in [3.8, 4) is 5.75 Å². The molecule has 1 rings (SSSR count). The number of likely N-dealkylation sites (N-methyl/N-ethyl adjacent to an activating group) is 1. The third-order valence-corrected chi connectivity index (χ3v) is 2.60. The van der Waals surface area contributed by atoms with E-state index in [0.29, 0.717) is 0 Å². The number of nitrogens with one attached hydrogen (secondary N) is 1. The molecule has 1 N–H and O–H groups in total. The van der Waals surface area contributed by atoms with Crippen molar-refractivity contribution in [1.82, 2.24) is 15.1 Å². The molecule has 1 aromatic heterocycles. The lowest BCUT2D eigenvalue weighted by atomic mass is 10.2. The van der Waals surface area contributed by atoms with Gasteiger partial charge in [-0.2, -0.15) is 5.10 Å². The molecule has 0 amide bonds. The van der Waals surface area contributed by atoms with Crippen LogP contribution in [0, 0.1) is 0 Å². The van der Waals surface area contributed by atoms with Gasteiger partial charge in [0.1, 0.15) is 6.10 Å². The number of ether oxygens (including phenoxy) is 1. The first-order chi connectivity index (χ1) is 8.30. The van der Waals surface area contributed by atoms with E-state index in [1.165, 1.54) is 0 Å². The van der Waals surface area contributed by atoms with Crippen molar-refractivity contribution in [1.29, 1.82) is 0 Å². The van der Waals surface area contributed by atoms with Crippen LogP contribution in [0.1, 0.15) is 40.0 Å². The first kappa shape index (κ1) is 14.0. The van der Waals surface area contributed by atoms with Crippen LogP contribution in [0.2, 0.25) is 0 Å². The van der Waals surface area contributed by atoms with Crippen LogP contribution in [0.25, 0.3) is 0 Å². The van der Waals surface area contributed by atoms with Crippen LogP contribution < -0.4 is 10.1 Å². The van der Waals surface area contributed by atoms with E-state index in [9.17, 15) is 0 Å². The van der Waals surface area contributed by atoms with Gasteiger partial charge < -0.3 is 10.1 Å². The van der Waals surface area contributed by atoms with Gasteiger partial charge in [-0.3, -0.25) is 4.68 Å². The second kappa shape index (κ2) is 8.12. The van der Waals surface area contributed by atoms with Gasteiger partial charge in [0.05, 0.1) is 12.4 Å². The third-order valence-electron chi connectivity index (χ3n) is 2.60. The smallest absolute Gasteiger partial charge is 0.157 e. The van der Waals surface area contributed by atoms with Gasteiger partial charge in [-0.05, 0) is 19.4 Å². The first-order valence-electron chi connectivity index (χ1n) is 6.69. The Bertz CT molecular complexity index is 299. The summed E-state index contributed by atoms with van der Waals surface area (Å²) >= 11 is 0. The molecule has 0 aliphatic rings. The van der Waals surface area contributed by atoms with Gasteiger partial charge in [-0.25, -0.2) is 0 Å². The van der Waals surface area contributed by atoms with Crippen molar-refractivity contribution in [3.63, 3.8) is 0 Å². The summed E-state index contributed by atoms with van der Waals surface area (Å²) in [6.07, 6.45) is 7.35. The van der Waals surface area contributed by atoms with Crippen LogP contribution in [0.5, 0.6) is 5.75 Å². The van der Waals surface area contributed by atoms with E-state index >= 15 is 0 Å². The van der Waals surface area contributed by atoms with E-state index < -0.39 is 0 Å². The Kier molecular flexibility index (Phi) is 6.70. The standard InChI is InChI=1S/C13H25N3O/c1-4-7-12(9-14-6-3)17-13-10-15-16(11-13)8-5-2/h10-12,14H,4-9H2,1-3H3. The minimum absolute atomic E-state index is 0.249. The summed E-state index contributed by atoms with van der Waals surface area (Å²) in [6.45, 7) is 9.29. The monoisotopic (exact) mass is 239 g/mol. The molecule has 0 aliphatic heterocycles.